The second-order valence-corrected chi connectivity index (χ2v) is 5.23. The number of phenols is 2. The van der Waals surface area contributed by atoms with Crippen LogP contribution in [0.2, 0.25) is 0 Å². The third kappa shape index (κ3) is 2.22. The molecule has 0 spiro atoms. The van der Waals surface area contributed by atoms with Gasteiger partial charge in [0.25, 0.3) is 0 Å². The molecule has 2 heterocycles. The molecular formula is C12H10IN5O2. The SMILES string of the molecule is Oc1ccc(I)c(O)c1CNc1ncnc2nc[nH]c12. The lowest BCUT2D eigenvalue weighted by atomic mass is 10.2. The minimum Gasteiger partial charge on any atom is -0.507 e. The Hall–Kier alpha value is -2.10. The van der Waals surface area contributed by atoms with Crippen molar-refractivity contribution in [3.8, 4) is 11.5 Å². The molecule has 0 atom stereocenters. The first kappa shape index (κ1) is 12.9. The predicted molar refractivity (Wildman–Crippen MR) is 81.5 cm³/mol. The van der Waals surface area contributed by atoms with Gasteiger partial charge < -0.3 is 20.5 Å². The Labute approximate surface area is 127 Å². The number of rotatable bonds is 3. The zero-order chi connectivity index (χ0) is 14.1. The summed E-state index contributed by atoms with van der Waals surface area (Å²) in [6, 6.07) is 3.19. The maximum atomic E-state index is 9.97. The second kappa shape index (κ2) is 5.12. The molecule has 0 radical (unpaired) electrons. The van der Waals surface area contributed by atoms with Crippen LogP contribution in [-0.4, -0.2) is 30.1 Å². The molecule has 102 valence electrons. The summed E-state index contributed by atoms with van der Waals surface area (Å²) in [6.45, 7) is 0.236. The van der Waals surface area contributed by atoms with E-state index in [-0.39, 0.29) is 18.0 Å². The Morgan fingerprint density at radius 1 is 1.20 bits per heavy atom. The van der Waals surface area contributed by atoms with Crippen molar-refractivity contribution in [3.05, 3.63) is 33.9 Å². The predicted octanol–water partition coefficient (Wildman–Crippen LogP) is 1.98. The summed E-state index contributed by atoms with van der Waals surface area (Å²) in [4.78, 5) is 15.1. The molecule has 0 bridgehead atoms. The van der Waals surface area contributed by atoms with Gasteiger partial charge >= 0.3 is 0 Å². The van der Waals surface area contributed by atoms with E-state index in [0.717, 1.165) is 0 Å². The quantitative estimate of drug-likeness (QED) is 0.516. The molecule has 1 aromatic carbocycles. The van der Waals surface area contributed by atoms with Crippen LogP contribution in [0.5, 0.6) is 11.5 Å². The van der Waals surface area contributed by atoms with Gasteiger partial charge in [0.15, 0.2) is 11.5 Å². The zero-order valence-corrected chi connectivity index (χ0v) is 12.3. The summed E-state index contributed by atoms with van der Waals surface area (Å²) < 4.78 is 0.673. The van der Waals surface area contributed by atoms with Crippen LogP contribution in [0.15, 0.2) is 24.8 Å². The number of benzene rings is 1. The van der Waals surface area contributed by atoms with Gasteiger partial charge in [0.05, 0.1) is 15.5 Å². The van der Waals surface area contributed by atoms with E-state index < -0.39 is 0 Å². The molecule has 0 fully saturated rings. The average Bonchev–Trinajstić information content (AvgIpc) is 2.92. The maximum Gasteiger partial charge on any atom is 0.182 e. The molecular weight excluding hydrogens is 373 g/mol. The molecule has 3 aromatic rings. The first-order valence-corrected chi connectivity index (χ1v) is 6.82. The van der Waals surface area contributed by atoms with Crippen molar-refractivity contribution in [2.75, 3.05) is 5.32 Å². The van der Waals surface area contributed by atoms with Crippen molar-refractivity contribution < 1.29 is 10.2 Å². The van der Waals surface area contributed by atoms with Gasteiger partial charge in [-0.1, -0.05) is 0 Å². The molecule has 0 aliphatic heterocycles. The molecule has 8 heteroatoms. The van der Waals surface area contributed by atoms with Crippen LogP contribution < -0.4 is 5.32 Å². The number of aromatic hydroxyl groups is 2. The lowest BCUT2D eigenvalue weighted by Gasteiger charge is -2.10. The fraction of sp³-hybridized carbons (Fsp3) is 0.0833. The number of phenolic OH excluding ortho intramolecular Hbond substituents is 2. The van der Waals surface area contributed by atoms with E-state index >= 15 is 0 Å². The van der Waals surface area contributed by atoms with Crippen molar-refractivity contribution in [1.29, 1.82) is 0 Å². The van der Waals surface area contributed by atoms with Crippen LogP contribution in [0.4, 0.5) is 5.82 Å². The van der Waals surface area contributed by atoms with E-state index in [2.05, 4.69) is 25.3 Å². The number of aromatic amines is 1. The molecule has 4 N–H and O–H groups in total. The van der Waals surface area contributed by atoms with Gasteiger partial charge in [0.1, 0.15) is 23.3 Å². The largest absolute Gasteiger partial charge is 0.507 e. The van der Waals surface area contributed by atoms with Gasteiger partial charge in [-0.2, -0.15) is 0 Å². The average molecular weight is 383 g/mol. The maximum absolute atomic E-state index is 9.97. The highest BCUT2D eigenvalue weighted by Gasteiger charge is 2.12. The summed E-state index contributed by atoms with van der Waals surface area (Å²) in [5.41, 5.74) is 1.65. The van der Waals surface area contributed by atoms with Crippen molar-refractivity contribution in [2.45, 2.75) is 6.54 Å². The van der Waals surface area contributed by atoms with E-state index in [9.17, 15) is 10.2 Å². The lowest BCUT2D eigenvalue weighted by molar-refractivity contribution is 0.437. The Morgan fingerprint density at radius 3 is 2.90 bits per heavy atom. The Morgan fingerprint density at radius 2 is 2.05 bits per heavy atom. The Kier molecular flexibility index (Phi) is 3.30. The van der Waals surface area contributed by atoms with E-state index in [4.69, 9.17) is 0 Å². The van der Waals surface area contributed by atoms with Crippen molar-refractivity contribution in [1.82, 2.24) is 19.9 Å². The third-order valence-electron chi connectivity index (χ3n) is 2.86. The van der Waals surface area contributed by atoms with E-state index in [0.29, 0.717) is 26.1 Å². The van der Waals surface area contributed by atoms with Gasteiger partial charge in [-0.15, -0.1) is 0 Å². The number of halogens is 1. The normalized spacial score (nSPS) is 10.8. The molecule has 0 aliphatic carbocycles. The van der Waals surface area contributed by atoms with Gasteiger partial charge in [-0.25, -0.2) is 15.0 Å². The first-order chi connectivity index (χ1) is 9.66. The van der Waals surface area contributed by atoms with Gasteiger partial charge in [-0.3, -0.25) is 0 Å². The second-order valence-electron chi connectivity index (χ2n) is 4.07. The Bertz CT molecular complexity index is 774. The summed E-state index contributed by atoms with van der Waals surface area (Å²) in [5, 5.41) is 22.8. The monoisotopic (exact) mass is 383 g/mol. The molecule has 3 rings (SSSR count). The fourth-order valence-corrected chi connectivity index (χ4v) is 2.35. The number of fused-ring (bicyclic) bond motifs is 1. The first-order valence-electron chi connectivity index (χ1n) is 5.74. The van der Waals surface area contributed by atoms with Crippen LogP contribution in [0, 0.1) is 3.57 Å². The van der Waals surface area contributed by atoms with Gasteiger partial charge in [0, 0.05) is 6.54 Å². The standard InChI is InChI=1S/C12H10IN5O2/c13-7-1-2-8(19)6(10(7)20)3-14-11-9-12(16-4-15-9)18-5-17-11/h1-2,4-5,19-20H,3H2,(H2,14,15,16,17,18). The summed E-state index contributed by atoms with van der Waals surface area (Å²) >= 11 is 2.00. The van der Waals surface area contributed by atoms with Crippen molar-refractivity contribution in [3.63, 3.8) is 0 Å². The fourth-order valence-electron chi connectivity index (χ4n) is 1.84. The Balaban J connectivity index is 1.90. The highest BCUT2D eigenvalue weighted by atomic mass is 127. The molecule has 0 unspecified atom stereocenters. The number of nitrogens with zero attached hydrogens (tertiary/aromatic N) is 3. The molecule has 0 saturated carbocycles. The molecule has 0 aliphatic rings. The summed E-state index contributed by atoms with van der Waals surface area (Å²) in [6.07, 6.45) is 2.94. The number of imidazole rings is 1. The minimum atomic E-state index is 0.0327. The van der Waals surface area contributed by atoms with Crippen molar-refractivity contribution >= 4 is 39.6 Å². The van der Waals surface area contributed by atoms with Crippen LogP contribution in [-0.2, 0) is 6.54 Å². The lowest BCUT2D eigenvalue weighted by Crippen LogP contribution is -2.03. The number of hydrogen-bond acceptors (Lipinski definition) is 6. The van der Waals surface area contributed by atoms with E-state index in [1.165, 1.54) is 12.7 Å². The molecule has 0 saturated heterocycles. The topological polar surface area (TPSA) is 107 Å². The van der Waals surface area contributed by atoms with E-state index in [1.807, 2.05) is 22.6 Å². The smallest absolute Gasteiger partial charge is 0.182 e. The van der Waals surface area contributed by atoms with Crippen LogP contribution in [0.25, 0.3) is 11.2 Å². The molecule has 2 aromatic heterocycles. The molecule has 0 amide bonds. The van der Waals surface area contributed by atoms with Gasteiger partial charge in [0.2, 0.25) is 0 Å². The number of nitrogens with one attached hydrogen (secondary N) is 2. The van der Waals surface area contributed by atoms with E-state index in [1.54, 1.807) is 12.1 Å². The summed E-state index contributed by atoms with van der Waals surface area (Å²) in [7, 11) is 0. The molecule has 20 heavy (non-hydrogen) atoms. The van der Waals surface area contributed by atoms with Crippen LogP contribution >= 0.6 is 22.6 Å². The van der Waals surface area contributed by atoms with Crippen molar-refractivity contribution in [2.24, 2.45) is 0 Å². The van der Waals surface area contributed by atoms with Crippen LogP contribution in [0.1, 0.15) is 5.56 Å². The third-order valence-corrected chi connectivity index (χ3v) is 3.73. The van der Waals surface area contributed by atoms with Crippen LogP contribution in [0.3, 0.4) is 0 Å². The highest BCUT2D eigenvalue weighted by Crippen LogP contribution is 2.32. The molecule has 7 nitrogen and oxygen atoms in total. The zero-order valence-electron chi connectivity index (χ0n) is 10.1. The number of aromatic nitrogens is 4. The minimum absolute atomic E-state index is 0.0327. The highest BCUT2D eigenvalue weighted by molar-refractivity contribution is 14.1. The summed E-state index contributed by atoms with van der Waals surface area (Å²) in [5.74, 6) is 0.656. The number of H-pyrrole nitrogens is 1. The number of hydrogen-bond donors (Lipinski definition) is 4. The van der Waals surface area contributed by atoms with Gasteiger partial charge in [-0.05, 0) is 34.7 Å². The number of anilines is 1.